The summed E-state index contributed by atoms with van der Waals surface area (Å²) >= 11 is 7.47. The first kappa shape index (κ1) is 19.0. The Balaban J connectivity index is 1.55. The van der Waals surface area contributed by atoms with Gasteiger partial charge in [-0.3, -0.25) is 9.36 Å². The maximum atomic E-state index is 12.7. The van der Waals surface area contributed by atoms with Gasteiger partial charge in [-0.1, -0.05) is 47.6 Å². The third-order valence-electron chi connectivity index (χ3n) is 4.72. The number of carbonyl (C=O) groups excluding carboxylic acids is 1. The van der Waals surface area contributed by atoms with E-state index in [1.807, 2.05) is 56.3 Å². The molecule has 144 valence electrons. The van der Waals surface area contributed by atoms with Gasteiger partial charge in [-0.05, 0) is 56.5 Å². The summed E-state index contributed by atoms with van der Waals surface area (Å²) in [6.45, 7) is 3.82. The number of para-hydroxylation sites is 1. The van der Waals surface area contributed by atoms with Crippen molar-refractivity contribution in [2.75, 3.05) is 5.32 Å². The zero-order valence-corrected chi connectivity index (χ0v) is 17.3. The third kappa shape index (κ3) is 4.08. The van der Waals surface area contributed by atoms with Gasteiger partial charge in [-0.25, -0.2) is 0 Å². The molecule has 0 aliphatic heterocycles. The molecule has 1 N–H and O–H groups in total. The molecule has 1 amide bonds. The summed E-state index contributed by atoms with van der Waals surface area (Å²) in [5, 5.41) is 12.8. The molecule has 1 fully saturated rings. The van der Waals surface area contributed by atoms with Crippen molar-refractivity contribution in [1.29, 1.82) is 0 Å². The first-order valence-corrected chi connectivity index (χ1v) is 10.5. The maximum absolute atomic E-state index is 12.7. The zero-order valence-electron chi connectivity index (χ0n) is 15.7. The highest BCUT2D eigenvalue weighted by Gasteiger charge is 2.31. The van der Waals surface area contributed by atoms with Gasteiger partial charge in [-0.2, -0.15) is 0 Å². The number of amides is 1. The highest BCUT2D eigenvalue weighted by atomic mass is 35.5. The molecule has 7 heteroatoms. The summed E-state index contributed by atoms with van der Waals surface area (Å²) in [4.78, 5) is 12.7. The minimum atomic E-state index is -0.336. The number of hydrogen-bond donors (Lipinski definition) is 1. The summed E-state index contributed by atoms with van der Waals surface area (Å²) in [7, 11) is 0. The van der Waals surface area contributed by atoms with E-state index in [-0.39, 0.29) is 11.2 Å². The number of nitrogens with zero attached hydrogens (tertiary/aromatic N) is 3. The normalized spacial score (nSPS) is 14.7. The van der Waals surface area contributed by atoms with Gasteiger partial charge in [0.2, 0.25) is 5.91 Å². The number of aryl methyl sites for hydroxylation is 1. The summed E-state index contributed by atoms with van der Waals surface area (Å²) in [5.74, 6) is 1.35. The van der Waals surface area contributed by atoms with Crippen molar-refractivity contribution in [1.82, 2.24) is 14.8 Å². The largest absolute Gasteiger partial charge is 0.325 e. The lowest BCUT2D eigenvalue weighted by Crippen LogP contribution is -2.23. The molecule has 1 aromatic heterocycles. The van der Waals surface area contributed by atoms with Crippen LogP contribution in [0.15, 0.2) is 53.7 Å². The lowest BCUT2D eigenvalue weighted by molar-refractivity contribution is -0.115. The van der Waals surface area contributed by atoms with E-state index < -0.39 is 0 Å². The number of aromatic nitrogens is 3. The molecule has 3 aromatic rings. The minimum absolute atomic E-state index is 0.0917. The van der Waals surface area contributed by atoms with Crippen LogP contribution in [0.25, 0.3) is 5.69 Å². The van der Waals surface area contributed by atoms with E-state index in [4.69, 9.17) is 11.6 Å². The number of rotatable bonds is 6. The van der Waals surface area contributed by atoms with E-state index in [0.717, 1.165) is 40.8 Å². The van der Waals surface area contributed by atoms with Crippen molar-refractivity contribution in [3.63, 3.8) is 0 Å². The van der Waals surface area contributed by atoms with E-state index in [9.17, 15) is 4.79 Å². The zero-order chi connectivity index (χ0) is 19.7. The molecule has 0 saturated heterocycles. The molecular weight excluding hydrogens is 392 g/mol. The van der Waals surface area contributed by atoms with Gasteiger partial charge in [0.1, 0.15) is 5.82 Å². The molecule has 2 aromatic carbocycles. The van der Waals surface area contributed by atoms with Crippen LogP contribution in [0.4, 0.5) is 5.69 Å². The predicted octanol–water partition coefficient (Wildman–Crippen LogP) is 5.23. The Morgan fingerprint density at radius 2 is 1.96 bits per heavy atom. The van der Waals surface area contributed by atoms with E-state index in [2.05, 4.69) is 20.1 Å². The number of hydrogen-bond acceptors (Lipinski definition) is 4. The fourth-order valence-electron chi connectivity index (χ4n) is 2.96. The molecule has 28 heavy (non-hydrogen) atoms. The topological polar surface area (TPSA) is 59.8 Å². The van der Waals surface area contributed by atoms with Crippen LogP contribution in [0.2, 0.25) is 5.02 Å². The highest BCUT2D eigenvalue weighted by Crippen LogP contribution is 2.41. The Hall–Kier alpha value is -2.31. The number of benzene rings is 2. The quantitative estimate of drug-likeness (QED) is 0.563. The standard InChI is InChI=1S/C21H21ClN4OS/c1-13-8-11-16(22)12-18(13)23-20(27)14(2)28-21-25-24-19(15-9-10-15)26(21)17-6-4-3-5-7-17/h3-8,11-12,14-15H,9-10H2,1-2H3,(H,23,27)/t14-/m0/s1. The Labute approximate surface area is 173 Å². The number of halogens is 1. The molecule has 0 bridgehead atoms. The lowest BCUT2D eigenvalue weighted by Gasteiger charge is -2.15. The van der Waals surface area contributed by atoms with Crippen LogP contribution in [-0.2, 0) is 4.79 Å². The van der Waals surface area contributed by atoms with Crippen molar-refractivity contribution >= 4 is 35.0 Å². The Morgan fingerprint density at radius 3 is 2.68 bits per heavy atom. The molecule has 0 unspecified atom stereocenters. The number of anilines is 1. The van der Waals surface area contributed by atoms with Crippen LogP contribution in [0.3, 0.4) is 0 Å². The maximum Gasteiger partial charge on any atom is 0.237 e. The second-order valence-electron chi connectivity index (χ2n) is 6.99. The van der Waals surface area contributed by atoms with Gasteiger partial charge in [0.05, 0.1) is 5.25 Å². The molecule has 1 heterocycles. The lowest BCUT2D eigenvalue weighted by atomic mass is 10.2. The number of carbonyl (C=O) groups is 1. The van der Waals surface area contributed by atoms with Crippen molar-refractivity contribution in [2.45, 2.75) is 43.0 Å². The van der Waals surface area contributed by atoms with E-state index in [1.54, 1.807) is 6.07 Å². The van der Waals surface area contributed by atoms with E-state index >= 15 is 0 Å². The molecule has 1 aliphatic rings. The molecule has 4 rings (SSSR count). The summed E-state index contributed by atoms with van der Waals surface area (Å²) in [5.41, 5.74) is 2.72. The smallest absolute Gasteiger partial charge is 0.237 e. The average molecular weight is 413 g/mol. The number of nitrogens with one attached hydrogen (secondary N) is 1. The van der Waals surface area contributed by atoms with Gasteiger partial charge < -0.3 is 5.32 Å². The van der Waals surface area contributed by atoms with Crippen LogP contribution in [0.5, 0.6) is 0 Å². The molecule has 1 atom stereocenters. The van der Waals surface area contributed by atoms with Crippen LogP contribution >= 0.6 is 23.4 Å². The Bertz CT molecular complexity index is 1000. The van der Waals surface area contributed by atoms with Crippen LogP contribution in [0, 0.1) is 6.92 Å². The van der Waals surface area contributed by atoms with Crippen molar-refractivity contribution in [2.24, 2.45) is 0 Å². The predicted molar refractivity (Wildman–Crippen MR) is 113 cm³/mol. The third-order valence-corrected chi connectivity index (χ3v) is 6.00. The minimum Gasteiger partial charge on any atom is -0.325 e. The van der Waals surface area contributed by atoms with Gasteiger partial charge in [0.25, 0.3) is 0 Å². The van der Waals surface area contributed by atoms with Crippen LogP contribution in [0.1, 0.15) is 37.1 Å². The van der Waals surface area contributed by atoms with Gasteiger partial charge >= 0.3 is 0 Å². The van der Waals surface area contributed by atoms with Crippen LogP contribution < -0.4 is 5.32 Å². The van der Waals surface area contributed by atoms with Crippen molar-refractivity contribution in [3.8, 4) is 5.69 Å². The highest BCUT2D eigenvalue weighted by molar-refractivity contribution is 8.00. The first-order valence-electron chi connectivity index (χ1n) is 9.27. The Morgan fingerprint density at radius 1 is 1.21 bits per heavy atom. The summed E-state index contributed by atoms with van der Waals surface area (Å²) in [6, 6.07) is 15.5. The SMILES string of the molecule is Cc1ccc(Cl)cc1NC(=O)[C@H](C)Sc1nnc(C2CC2)n1-c1ccccc1. The van der Waals surface area contributed by atoms with Gasteiger partial charge in [0.15, 0.2) is 5.16 Å². The van der Waals surface area contributed by atoms with Crippen molar-refractivity contribution < 1.29 is 4.79 Å². The van der Waals surface area contributed by atoms with E-state index in [1.165, 1.54) is 11.8 Å². The first-order chi connectivity index (χ1) is 13.5. The molecular formula is C21H21ClN4OS. The van der Waals surface area contributed by atoms with E-state index in [0.29, 0.717) is 10.9 Å². The summed E-state index contributed by atoms with van der Waals surface area (Å²) in [6.07, 6.45) is 2.28. The van der Waals surface area contributed by atoms with Gasteiger partial charge in [-0.15, -0.1) is 10.2 Å². The second kappa shape index (κ2) is 7.97. The molecule has 1 aliphatic carbocycles. The number of thioether (sulfide) groups is 1. The molecule has 5 nitrogen and oxygen atoms in total. The Kier molecular flexibility index (Phi) is 5.42. The van der Waals surface area contributed by atoms with Crippen LogP contribution in [-0.4, -0.2) is 25.9 Å². The van der Waals surface area contributed by atoms with Crippen molar-refractivity contribution in [3.05, 3.63) is 64.9 Å². The monoisotopic (exact) mass is 412 g/mol. The molecule has 0 radical (unpaired) electrons. The summed E-state index contributed by atoms with van der Waals surface area (Å²) < 4.78 is 2.08. The second-order valence-corrected chi connectivity index (χ2v) is 8.74. The van der Waals surface area contributed by atoms with Gasteiger partial charge in [0, 0.05) is 22.3 Å². The fraction of sp³-hybridized carbons (Fsp3) is 0.286. The molecule has 1 saturated carbocycles. The molecule has 0 spiro atoms. The fourth-order valence-corrected chi connectivity index (χ4v) is 4.00. The average Bonchev–Trinajstić information content (AvgIpc) is 3.46.